The van der Waals surface area contributed by atoms with Crippen LogP contribution in [0.2, 0.25) is 0 Å². The summed E-state index contributed by atoms with van der Waals surface area (Å²) in [5.41, 5.74) is 0. The standard InChI is InChI=1S/C20H41N5O2.HI/c1-6-25(7-2)13-10-11-17(3)23-20(22-16-19(26)24(4)5)21-15-18-12-8-9-14-27-18;/h17-18H,6-16H2,1-5H3,(H2,21,22,23);1H. The van der Waals surface area contributed by atoms with Gasteiger partial charge in [0, 0.05) is 33.3 Å². The van der Waals surface area contributed by atoms with E-state index in [9.17, 15) is 4.79 Å². The number of likely N-dealkylation sites (N-methyl/N-ethyl adjacent to an activating group) is 1. The van der Waals surface area contributed by atoms with Crippen LogP contribution in [-0.2, 0) is 9.53 Å². The second-order valence-electron chi connectivity index (χ2n) is 7.54. The van der Waals surface area contributed by atoms with Crippen LogP contribution in [0.5, 0.6) is 0 Å². The lowest BCUT2D eigenvalue weighted by molar-refractivity contribution is -0.127. The summed E-state index contributed by atoms with van der Waals surface area (Å²) in [6, 6.07) is 0.300. The first-order valence-corrected chi connectivity index (χ1v) is 10.5. The largest absolute Gasteiger partial charge is 0.376 e. The Kier molecular flexibility index (Phi) is 15.9. The summed E-state index contributed by atoms with van der Waals surface area (Å²) in [5, 5.41) is 6.82. The van der Waals surface area contributed by atoms with Gasteiger partial charge >= 0.3 is 0 Å². The van der Waals surface area contributed by atoms with Crippen LogP contribution < -0.4 is 10.6 Å². The molecule has 1 amide bonds. The van der Waals surface area contributed by atoms with Gasteiger partial charge in [0.05, 0.1) is 6.10 Å². The summed E-state index contributed by atoms with van der Waals surface area (Å²) in [5.74, 6) is 0.703. The van der Waals surface area contributed by atoms with Crippen LogP contribution in [0.1, 0.15) is 52.9 Å². The third kappa shape index (κ3) is 12.1. The molecule has 1 heterocycles. The Bertz CT molecular complexity index is 438. The summed E-state index contributed by atoms with van der Waals surface area (Å²) in [7, 11) is 3.51. The molecule has 1 aliphatic rings. The summed E-state index contributed by atoms with van der Waals surface area (Å²) in [6.45, 7) is 11.6. The van der Waals surface area contributed by atoms with Gasteiger partial charge < -0.3 is 25.2 Å². The molecule has 0 aromatic heterocycles. The van der Waals surface area contributed by atoms with Crippen molar-refractivity contribution in [1.82, 2.24) is 20.4 Å². The van der Waals surface area contributed by atoms with Crippen molar-refractivity contribution in [2.75, 3.05) is 53.4 Å². The SMILES string of the molecule is CCN(CC)CCCC(C)NC(=NCC(=O)N(C)C)NCC1CCCCO1.I. The minimum absolute atomic E-state index is 0. The van der Waals surface area contributed by atoms with Crippen LogP contribution in [0, 0.1) is 0 Å². The number of rotatable bonds is 11. The Labute approximate surface area is 189 Å². The highest BCUT2D eigenvalue weighted by molar-refractivity contribution is 14.0. The van der Waals surface area contributed by atoms with Crippen LogP contribution in [-0.4, -0.2) is 87.2 Å². The highest BCUT2D eigenvalue weighted by atomic mass is 127. The number of aliphatic imine (C=N–C) groups is 1. The van der Waals surface area contributed by atoms with Crippen molar-refractivity contribution in [3.63, 3.8) is 0 Å². The predicted octanol–water partition coefficient (Wildman–Crippen LogP) is 2.31. The van der Waals surface area contributed by atoms with Crippen molar-refractivity contribution in [2.24, 2.45) is 4.99 Å². The van der Waals surface area contributed by atoms with Crippen LogP contribution in [0.25, 0.3) is 0 Å². The van der Waals surface area contributed by atoms with E-state index >= 15 is 0 Å². The van der Waals surface area contributed by atoms with Crippen molar-refractivity contribution in [3.05, 3.63) is 0 Å². The van der Waals surface area contributed by atoms with Crippen LogP contribution in [0.15, 0.2) is 4.99 Å². The minimum Gasteiger partial charge on any atom is -0.376 e. The molecule has 2 unspecified atom stereocenters. The molecule has 0 saturated carbocycles. The van der Waals surface area contributed by atoms with Crippen molar-refractivity contribution >= 4 is 35.8 Å². The molecule has 1 saturated heterocycles. The van der Waals surface area contributed by atoms with Gasteiger partial charge in [-0.3, -0.25) is 4.79 Å². The topological polar surface area (TPSA) is 69.2 Å². The fraction of sp³-hybridized carbons (Fsp3) is 0.900. The van der Waals surface area contributed by atoms with Gasteiger partial charge in [0.25, 0.3) is 0 Å². The van der Waals surface area contributed by atoms with Gasteiger partial charge in [-0.25, -0.2) is 4.99 Å². The first kappa shape index (κ1) is 27.4. The molecule has 2 atom stereocenters. The quantitative estimate of drug-likeness (QED) is 0.253. The van der Waals surface area contributed by atoms with E-state index < -0.39 is 0 Å². The summed E-state index contributed by atoms with van der Waals surface area (Å²) < 4.78 is 5.79. The third-order valence-electron chi connectivity index (χ3n) is 5.03. The molecular weight excluding hydrogens is 469 g/mol. The molecule has 1 aliphatic heterocycles. The first-order valence-electron chi connectivity index (χ1n) is 10.5. The third-order valence-corrected chi connectivity index (χ3v) is 5.03. The van der Waals surface area contributed by atoms with Crippen molar-refractivity contribution in [1.29, 1.82) is 0 Å². The lowest BCUT2D eigenvalue weighted by atomic mass is 10.1. The molecule has 2 N–H and O–H groups in total. The summed E-state index contributed by atoms with van der Waals surface area (Å²) >= 11 is 0. The number of nitrogens with zero attached hydrogens (tertiary/aromatic N) is 3. The monoisotopic (exact) mass is 511 g/mol. The summed E-state index contributed by atoms with van der Waals surface area (Å²) in [4.78, 5) is 20.4. The van der Waals surface area contributed by atoms with Gasteiger partial charge in [0.15, 0.2) is 5.96 Å². The molecule has 0 bridgehead atoms. The molecule has 28 heavy (non-hydrogen) atoms. The Hall–Kier alpha value is -0.610. The number of carbonyl (C=O) groups excluding carboxylic acids is 1. The lowest BCUT2D eigenvalue weighted by Crippen LogP contribution is -2.46. The Morgan fingerprint density at radius 2 is 1.96 bits per heavy atom. The fourth-order valence-electron chi connectivity index (χ4n) is 3.09. The van der Waals surface area contributed by atoms with Crippen molar-refractivity contribution in [3.8, 4) is 0 Å². The van der Waals surface area contributed by atoms with Gasteiger partial charge in [-0.1, -0.05) is 13.8 Å². The van der Waals surface area contributed by atoms with E-state index in [0.717, 1.165) is 58.5 Å². The van der Waals surface area contributed by atoms with Gasteiger partial charge in [-0.05, 0) is 58.7 Å². The van der Waals surface area contributed by atoms with Crippen molar-refractivity contribution in [2.45, 2.75) is 65.0 Å². The number of halogens is 1. The number of ether oxygens (including phenoxy) is 1. The van der Waals surface area contributed by atoms with Gasteiger partial charge in [0.1, 0.15) is 6.54 Å². The Balaban J connectivity index is 0.00000729. The Morgan fingerprint density at radius 3 is 2.54 bits per heavy atom. The van der Waals surface area contributed by atoms with E-state index in [1.807, 2.05) is 0 Å². The second kappa shape index (κ2) is 16.2. The molecule has 0 aliphatic carbocycles. The molecule has 1 fully saturated rings. The van der Waals surface area contributed by atoms with Crippen LogP contribution >= 0.6 is 24.0 Å². The van der Waals surface area contributed by atoms with E-state index in [1.165, 1.54) is 6.42 Å². The molecule has 7 nitrogen and oxygen atoms in total. The number of hydrogen-bond donors (Lipinski definition) is 2. The lowest BCUT2D eigenvalue weighted by Gasteiger charge is -2.25. The molecule has 1 rings (SSSR count). The zero-order chi connectivity index (χ0) is 20.1. The molecular formula is C20H42IN5O2. The molecule has 0 spiro atoms. The van der Waals surface area contributed by atoms with Crippen LogP contribution in [0.4, 0.5) is 0 Å². The average Bonchev–Trinajstić information content (AvgIpc) is 2.67. The van der Waals surface area contributed by atoms with Gasteiger partial charge in [-0.15, -0.1) is 24.0 Å². The predicted molar refractivity (Wildman–Crippen MR) is 128 cm³/mol. The highest BCUT2D eigenvalue weighted by Crippen LogP contribution is 2.11. The number of amides is 1. The maximum atomic E-state index is 11.9. The average molecular weight is 511 g/mol. The Morgan fingerprint density at radius 1 is 1.25 bits per heavy atom. The number of hydrogen-bond acceptors (Lipinski definition) is 4. The van der Waals surface area contributed by atoms with Crippen LogP contribution in [0.3, 0.4) is 0 Å². The van der Waals surface area contributed by atoms with Crippen molar-refractivity contribution < 1.29 is 9.53 Å². The highest BCUT2D eigenvalue weighted by Gasteiger charge is 2.15. The van der Waals surface area contributed by atoms with E-state index in [4.69, 9.17) is 4.74 Å². The van der Waals surface area contributed by atoms with E-state index in [1.54, 1.807) is 19.0 Å². The molecule has 0 aromatic carbocycles. The second-order valence-corrected chi connectivity index (χ2v) is 7.54. The molecule has 166 valence electrons. The smallest absolute Gasteiger partial charge is 0.243 e. The van der Waals surface area contributed by atoms with E-state index in [2.05, 4.69) is 41.3 Å². The molecule has 0 radical (unpaired) electrons. The first-order chi connectivity index (χ1) is 13.0. The zero-order valence-electron chi connectivity index (χ0n) is 18.5. The molecule has 0 aromatic rings. The number of guanidine groups is 1. The van der Waals surface area contributed by atoms with E-state index in [0.29, 0.717) is 12.0 Å². The maximum Gasteiger partial charge on any atom is 0.243 e. The fourth-order valence-corrected chi connectivity index (χ4v) is 3.09. The summed E-state index contributed by atoms with van der Waals surface area (Å²) in [6.07, 6.45) is 5.89. The maximum absolute atomic E-state index is 11.9. The zero-order valence-corrected chi connectivity index (χ0v) is 20.8. The number of carbonyl (C=O) groups is 1. The van der Waals surface area contributed by atoms with Gasteiger partial charge in [-0.2, -0.15) is 0 Å². The normalized spacial score (nSPS) is 18.4. The van der Waals surface area contributed by atoms with E-state index in [-0.39, 0.29) is 42.5 Å². The number of nitrogens with one attached hydrogen (secondary N) is 2. The minimum atomic E-state index is -0.000738. The van der Waals surface area contributed by atoms with Gasteiger partial charge in [0.2, 0.25) is 5.91 Å². The molecule has 8 heteroatoms.